The molecule has 1 aliphatic rings. The number of nitrogens with two attached hydrogens (primary N) is 1. The molecule has 0 radical (unpaired) electrons. The summed E-state index contributed by atoms with van der Waals surface area (Å²) in [5.41, 5.74) is 13.2. The number of carboxylic acid groups (broad SMARTS) is 1. The van der Waals surface area contributed by atoms with E-state index in [1.807, 2.05) is 6.07 Å². The minimum atomic E-state index is -1.33. The Kier molecular flexibility index (Phi) is 12.1. The normalized spacial score (nSPS) is 12.6. The van der Waals surface area contributed by atoms with Gasteiger partial charge in [0.2, 0.25) is 0 Å². The fourth-order valence-electron chi connectivity index (χ4n) is 3.44. The smallest absolute Gasteiger partial charge is 0.402 e. The van der Waals surface area contributed by atoms with E-state index in [0.717, 1.165) is 25.0 Å². The van der Waals surface area contributed by atoms with Gasteiger partial charge >= 0.3 is 6.09 Å². The summed E-state index contributed by atoms with van der Waals surface area (Å²) in [4.78, 5) is 8.78. The van der Waals surface area contributed by atoms with Crippen LogP contribution in [0.25, 0.3) is 11.1 Å². The van der Waals surface area contributed by atoms with Crippen LogP contribution in [0.5, 0.6) is 5.75 Å². The van der Waals surface area contributed by atoms with Crippen molar-refractivity contribution < 1.29 is 14.6 Å². The largest absolute Gasteiger partial charge is 0.497 e. The van der Waals surface area contributed by atoms with Crippen molar-refractivity contribution in [2.45, 2.75) is 47.0 Å². The molecule has 0 unspecified atom stereocenters. The Morgan fingerprint density at radius 3 is 2.45 bits per heavy atom. The number of primary amides is 1. The first-order valence-electron chi connectivity index (χ1n) is 11.2. The SMILES string of the molecule is C/C=C(/CC)c1cc(OC)ccc1C.C=C1C=C(c2cccc(CC)c2)C=CC1.NC(=O)O. The van der Waals surface area contributed by atoms with Crippen molar-refractivity contribution in [1.82, 2.24) is 0 Å². The molecule has 176 valence electrons. The van der Waals surface area contributed by atoms with Gasteiger partial charge in [-0.2, -0.15) is 0 Å². The Morgan fingerprint density at radius 1 is 1.21 bits per heavy atom. The fraction of sp³-hybridized carbons (Fsp3) is 0.276. The van der Waals surface area contributed by atoms with Crippen LogP contribution in [0.2, 0.25) is 0 Å². The van der Waals surface area contributed by atoms with E-state index in [1.165, 1.54) is 39.0 Å². The standard InChI is InChI=1S/C15H16.C13H18O.CH3NO2/c1-3-13-7-5-9-15(11-13)14-8-4-6-12(2)10-14;1-5-11(6-2)13-9-12(14-4)8-7-10(13)3;2-1(3)4/h4-5,7-11H,2-3,6H2,1H3;5,7-9H,6H2,1-4H3;2H2,(H,3,4)/b;11-5-;. The lowest BCUT2D eigenvalue weighted by molar-refractivity contribution is 0.205. The summed E-state index contributed by atoms with van der Waals surface area (Å²) in [6.45, 7) is 12.6. The highest BCUT2D eigenvalue weighted by Gasteiger charge is 2.04. The second kappa shape index (κ2) is 14.5. The summed E-state index contributed by atoms with van der Waals surface area (Å²) in [5, 5.41) is 7.19. The molecule has 2 aromatic carbocycles. The number of carbonyl (C=O) groups is 1. The van der Waals surface area contributed by atoms with Gasteiger partial charge in [0.25, 0.3) is 0 Å². The Bertz CT molecular complexity index is 1020. The van der Waals surface area contributed by atoms with Crippen LogP contribution in [0, 0.1) is 6.92 Å². The van der Waals surface area contributed by atoms with E-state index in [2.05, 4.69) is 101 Å². The molecular weight excluding hydrogens is 410 g/mol. The lowest BCUT2D eigenvalue weighted by Gasteiger charge is -2.10. The molecule has 0 aliphatic heterocycles. The highest BCUT2D eigenvalue weighted by atomic mass is 16.5. The second-order valence-electron chi connectivity index (χ2n) is 7.60. The summed E-state index contributed by atoms with van der Waals surface area (Å²) in [5.74, 6) is 0.929. The van der Waals surface area contributed by atoms with E-state index >= 15 is 0 Å². The molecule has 0 bridgehead atoms. The molecule has 3 N–H and O–H groups in total. The van der Waals surface area contributed by atoms with Crippen molar-refractivity contribution in [2.24, 2.45) is 5.73 Å². The minimum Gasteiger partial charge on any atom is -0.497 e. The Morgan fingerprint density at radius 2 is 1.91 bits per heavy atom. The van der Waals surface area contributed by atoms with Gasteiger partial charge in [0.1, 0.15) is 5.75 Å². The maximum Gasteiger partial charge on any atom is 0.402 e. The zero-order valence-electron chi connectivity index (χ0n) is 20.5. The van der Waals surface area contributed by atoms with Crippen molar-refractivity contribution in [3.8, 4) is 5.75 Å². The topological polar surface area (TPSA) is 72.5 Å². The lowest BCUT2D eigenvalue weighted by Crippen LogP contribution is -2.03. The highest BCUT2D eigenvalue weighted by molar-refractivity contribution is 5.77. The first-order chi connectivity index (χ1) is 15.7. The average Bonchev–Trinajstić information content (AvgIpc) is 2.81. The first-order valence-corrected chi connectivity index (χ1v) is 11.2. The van der Waals surface area contributed by atoms with Gasteiger partial charge in [0.15, 0.2) is 0 Å². The predicted molar refractivity (Wildman–Crippen MR) is 141 cm³/mol. The third kappa shape index (κ3) is 9.65. The Hall–Kier alpha value is -3.53. The van der Waals surface area contributed by atoms with Crippen LogP contribution >= 0.6 is 0 Å². The van der Waals surface area contributed by atoms with Crippen LogP contribution in [0.15, 0.2) is 78.9 Å². The molecule has 4 nitrogen and oxygen atoms in total. The van der Waals surface area contributed by atoms with Gasteiger partial charge in [-0.3, -0.25) is 0 Å². The monoisotopic (exact) mass is 447 g/mol. The zero-order chi connectivity index (χ0) is 24.8. The van der Waals surface area contributed by atoms with Crippen LogP contribution in [-0.2, 0) is 6.42 Å². The van der Waals surface area contributed by atoms with Crippen molar-refractivity contribution in [2.75, 3.05) is 7.11 Å². The van der Waals surface area contributed by atoms with E-state index in [0.29, 0.717) is 0 Å². The number of benzene rings is 2. The molecule has 0 spiro atoms. The minimum absolute atomic E-state index is 0.929. The van der Waals surface area contributed by atoms with Crippen LogP contribution in [0.1, 0.15) is 55.9 Å². The molecule has 1 aliphatic carbocycles. The zero-order valence-corrected chi connectivity index (χ0v) is 20.5. The van der Waals surface area contributed by atoms with Gasteiger partial charge in [-0.25, -0.2) is 4.79 Å². The van der Waals surface area contributed by atoms with Crippen LogP contribution in [0.4, 0.5) is 4.79 Å². The molecular formula is C29H37NO3. The third-order valence-electron chi connectivity index (χ3n) is 5.23. The Labute approximate surface area is 198 Å². The number of hydrogen-bond acceptors (Lipinski definition) is 2. The summed E-state index contributed by atoms with van der Waals surface area (Å²) < 4.78 is 5.22. The average molecular weight is 448 g/mol. The molecule has 0 atom stereocenters. The van der Waals surface area contributed by atoms with Crippen molar-refractivity contribution in [3.05, 3.63) is 101 Å². The van der Waals surface area contributed by atoms with Gasteiger partial charge in [-0.1, -0.05) is 80.6 Å². The molecule has 0 fully saturated rings. The van der Waals surface area contributed by atoms with E-state index in [-0.39, 0.29) is 0 Å². The van der Waals surface area contributed by atoms with Gasteiger partial charge in [0, 0.05) is 0 Å². The first kappa shape index (κ1) is 27.5. The molecule has 2 aromatic rings. The number of ether oxygens (including phenoxy) is 1. The summed E-state index contributed by atoms with van der Waals surface area (Å²) in [7, 11) is 1.70. The maximum absolute atomic E-state index is 8.78. The molecule has 0 heterocycles. The van der Waals surface area contributed by atoms with Crippen LogP contribution in [-0.4, -0.2) is 18.3 Å². The second-order valence-corrected chi connectivity index (χ2v) is 7.60. The van der Waals surface area contributed by atoms with Crippen molar-refractivity contribution in [1.29, 1.82) is 0 Å². The van der Waals surface area contributed by atoms with E-state index in [1.54, 1.807) is 7.11 Å². The third-order valence-corrected chi connectivity index (χ3v) is 5.23. The molecule has 3 rings (SSSR count). The maximum atomic E-state index is 8.78. The van der Waals surface area contributed by atoms with E-state index < -0.39 is 6.09 Å². The predicted octanol–water partition coefficient (Wildman–Crippen LogP) is 7.59. The van der Waals surface area contributed by atoms with Gasteiger partial charge in [0.05, 0.1) is 7.11 Å². The van der Waals surface area contributed by atoms with Gasteiger partial charge in [-0.15, -0.1) is 0 Å². The number of rotatable bonds is 5. The van der Waals surface area contributed by atoms with Gasteiger partial charge in [-0.05, 0) is 78.6 Å². The molecule has 4 heteroatoms. The molecule has 0 saturated heterocycles. The number of methoxy groups -OCH3 is 1. The summed E-state index contributed by atoms with van der Waals surface area (Å²) in [6, 6.07) is 14.9. The van der Waals surface area contributed by atoms with Gasteiger partial charge < -0.3 is 15.6 Å². The quantitative estimate of drug-likeness (QED) is 0.496. The van der Waals surface area contributed by atoms with Crippen molar-refractivity contribution in [3.63, 3.8) is 0 Å². The van der Waals surface area contributed by atoms with Crippen LogP contribution in [0.3, 0.4) is 0 Å². The van der Waals surface area contributed by atoms with Crippen LogP contribution < -0.4 is 10.5 Å². The highest BCUT2D eigenvalue weighted by Crippen LogP contribution is 2.26. The fourth-order valence-corrected chi connectivity index (χ4v) is 3.44. The lowest BCUT2D eigenvalue weighted by atomic mass is 9.96. The molecule has 33 heavy (non-hydrogen) atoms. The number of aryl methyl sites for hydroxylation is 2. The Balaban J connectivity index is 0.000000285. The molecule has 1 amide bonds. The number of allylic oxidation sites excluding steroid dienone is 7. The molecule has 0 saturated carbocycles. The summed E-state index contributed by atoms with van der Waals surface area (Å²) >= 11 is 0. The molecule has 0 aromatic heterocycles. The van der Waals surface area contributed by atoms with E-state index in [9.17, 15) is 0 Å². The van der Waals surface area contributed by atoms with E-state index in [4.69, 9.17) is 14.6 Å². The number of amides is 1. The summed E-state index contributed by atoms with van der Waals surface area (Å²) in [6.07, 6.45) is 10.5. The number of hydrogen-bond donors (Lipinski definition) is 2. The van der Waals surface area contributed by atoms with Crippen molar-refractivity contribution >= 4 is 17.2 Å².